The number of amides is 1. The van der Waals surface area contributed by atoms with Crippen molar-refractivity contribution in [3.8, 4) is 0 Å². The average Bonchev–Trinajstić information content (AvgIpc) is 2.71. The van der Waals surface area contributed by atoms with E-state index in [1.807, 2.05) is 56.0 Å². The molecule has 0 spiro atoms. The number of esters is 1. The molecule has 1 saturated heterocycles. The van der Waals surface area contributed by atoms with Crippen molar-refractivity contribution in [2.75, 3.05) is 36.8 Å². The van der Waals surface area contributed by atoms with Gasteiger partial charge >= 0.3 is 12.1 Å². The van der Waals surface area contributed by atoms with E-state index in [1.54, 1.807) is 11.0 Å². The number of aromatic nitrogens is 1. The van der Waals surface area contributed by atoms with Crippen LogP contribution >= 0.6 is 0 Å². The molecule has 0 saturated carbocycles. The minimum atomic E-state index is -0.523. The summed E-state index contributed by atoms with van der Waals surface area (Å²) in [6.07, 6.45) is 1.15. The van der Waals surface area contributed by atoms with Crippen LogP contribution in [0, 0.1) is 0 Å². The Bertz CT molecular complexity index is 888. The first-order chi connectivity index (χ1) is 14.2. The molecule has 1 fully saturated rings. The summed E-state index contributed by atoms with van der Waals surface area (Å²) in [5, 5.41) is 0. The standard InChI is InChI=1S/C22H28N4O4/c1-22(2,3)30-21(28)26-11-9-25(10-12-26)19-18(23)13-17(14-24-19)20(27)29-15-16-7-5-4-6-8-16/h4-8,13-14H,9-12,15,23H2,1-3H3. The lowest BCUT2D eigenvalue weighted by Gasteiger charge is -2.36. The maximum Gasteiger partial charge on any atom is 0.410 e. The van der Waals surface area contributed by atoms with Crippen LogP contribution in [-0.2, 0) is 16.1 Å². The molecule has 2 N–H and O–H groups in total. The molecule has 1 aromatic carbocycles. The Balaban J connectivity index is 1.57. The molecule has 0 unspecified atom stereocenters. The van der Waals surface area contributed by atoms with Crippen LogP contribution in [0.3, 0.4) is 0 Å². The smallest absolute Gasteiger partial charge is 0.410 e. The molecule has 3 rings (SSSR count). The van der Waals surface area contributed by atoms with Crippen LogP contribution in [0.15, 0.2) is 42.6 Å². The summed E-state index contributed by atoms with van der Waals surface area (Å²) in [6, 6.07) is 11.0. The first kappa shape index (κ1) is 21.4. The molecule has 160 valence electrons. The van der Waals surface area contributed by atoms with E-state index >= 15 is 0 Å². The summed E-state index contributed by atoms with van der Waals surface area (Å²) >= 11 is 0. The van der Waals surface area contributed by atoms with Gasteiger partial charge in [-0.25, -0.2) is 14.6 Å². The molecule has 8 nitrogen and oxygen atoms in total. The van der Waals surface area contributed by atoms with Gasteiger partial charge in [-0.3, -0.25) is 0 Å². The number of anilines is 2. The number of ether oxygens (including phenoxy) is 2. The van der Waals surface area contributed by atoms with Gasteiger partial charge in [-0.15, -0.1) is 0 Å². The lowest BCUT2D eigenvalue weighted by atomic mass is 10.2. The number of benzene rings is 1. The van der Waals surface area contributed by atoms with Crippen molar-refractivity contribution in [1.29, 1.82) is 0 Å². The van der Waals surface area contributed by atoms with Gasteiger partial charge in [0, 0.05) is 32.4 Å². The van der Waals surface area contributed by atoms with Gasteiger partial charge in [-0.05, 0) is 32.4 Å². The number of nitrogen functional groups attached to an aromatic ring is 1. The Hall–Kier alpha value is -3.29. The lowest BCUT2D eigenvalue weighted by Crippen LogP contribution is -2.50. The Morgan fingerprint density at radius 2 is 1.77 bits per heavy atom. The molecule has 0 radical (unpaired) electrons. The summed E-state index contributed by atoms with van der Waals surface area (Å²) in [5.41, 5.74) is 7.25. The predicted molar refractivity (Wildman–Crippen MR) is 114 cm³/mol. The second kappa shape index (κ2) is 9.02. The van der Waals surface area contributed by atoms with Crippen molar-refractivity contribution < 1.29 is 19.1 Å². The number of carbonyl (C=O) groups is 2. The van der Waals surface area contributed by atoms with Crippen LogP contribution < -0.4 is 10.6 Å². The molecule has 2 heterocycles. The Kier molecular flexibility index (Phi) is 6.44. The van der Waals surface area contributed by atoms with Gasteiger partial charge in [0.15, 0.2) is 5.82 Å². The molecule has 1 aliphatic heterocycles. The van der Waals surface area contributed by atoms with Crippen LogP contribution in [0.5, 0.6) is 0 Å². The fourth-order valence-electron chi connectivity index (χ4n) is 3.08. The highest BCUT2D eigenvalue weighted by Crippen LogP contribution is 2.23. The monoisotopic (exact) mass is 412 g/mol. The molecule has 1 aliphatic rings. The molecule has 8 heteroatoms. The van der Waals surface area contributed by atoms with E-state index in [0.717, 1.165) is 5.56 Å². The van der Waals surface area contributed by atoms with E-state index in [2.05, 4.69) is 4.98 Å². The summed E-state index contributed by atoms with van der Waals surface area (Å²) in [6.45, 7) is 7.90. The molecule has 30 heavy (non-hydrogen) atoms. The van der Waals surface area contributed by atoms with Gasteiger partial charge in [-0.2, -0.15) is 0 Å². The minimum Gasteiger partial charge on any atom is -0.457 e. The van der Waals surface area contributed by atoms with E-state index < -0.39 is 11.6 Å². The number of piperazine rings is 1. The highest BCUT2D eigenvalue weighted by Gasteiger charge is 2.27. The molecular weight excluding hydrogens is 384 g/mol. The Morgan fingerprint density at radius 3 is 2.37 bits per heavy atom. The van der Waals surface area contributed by atoms with Crippen molar-refractivity contribution in [3.05, 3.63) is 53.7 Å². The van der Waals surface area contributed by atoms with Crippen LogP contribution in [0.25, 0.3) is 0 Å². The number of pyridine rings is 1. The third-order valence-corrected chi connectivity index (χ3v) is 4.57. The maximum atomic E-state index is 12.3. The van der Waals surface area contributed by atoms with Crippen molar-refractivity contribution in [2.45, 2.75) is 33.0 Å². The first-order valence-electron chi connectivity index (χ1n) is 9.92. The molecule has 1 aromatic heterocycles. The fraction of sp³-hybridized carbons (Fsp3) is 0.409. The normalized spacial score (nSPS) is 14.4. The van der Waals surface area contributed by atoms with Crippen molar-refractivity contribution >= 4 is 23.6 Å². The van der Waals surface area contributed by atoms with Gasteiger partial charge < -0.3 is 25.0 Å². The van der Waals surface area contributed by atoms with Gasteiger partial charge in [0.2, 0.25) is 0 Å². The van der Waals surface area contributed by atoms with E-state index in [0.29, 0.717) is 43.2 Å². The second-order valence-electron chi connectivity index (χ2n) is 8.15. The number of nitrogens with zero attached hydrogens (tertiary/aromatic N) is 3. The highest BCUT2D eigenvalue weighted by atomic mass is 16.6. The summed E-state index contributed by atoms with van der Waals surface area (Å²) in [4.78, 5) is 32.5. The van der Waals surface area contributed by atoms with Gasteiger partial charge in [-0.1, -0.05) is 30.3 Å². The number of nitrogens with two attached hydrogens (primary N) is 1. The van der Waals surface area contributed by atoms with E-state index in [1.165, 1.54) is 6.20 Å². The molecule has 1 amide bonds. The first-order valence-corrected chi connectivity index (χ1v) is 9.92. The molecule has 0 bridgehead atoms. The average molecular weight is 412 g/mol. The zero-order valence-corrected chi connectivity index (χ0v) is 17.6. The number of rotatable bonds is 4. The third-order valence-electron chi connectivity index (χ3n) is 4.57. The summed E-state index contributed by atoms with van der Waals surface area (Å²) in [5.74, 6) is 0.123. The Labute approximate surface area is 176 Å². The number of hydrogen-bond acceptors (Lipinski definition) is 7. The van der Waals surface area contributed by atoms with E-state index in [4.69, 9.17) is 15.2 Å². The number of hydrogen-bond donors (Lipinski definition) is 1. The molecular formula is C22H28N4O4. The third kappa shape index (κ3) is 5.62. The van der Waals surface area contributed by atoms with Crippen molar-refractivity contribution in [3.63, 3.8) is 0 Å². The fourth-order valence-corrected chi connectivity index (χ4v) is 3.08. The van der Waals surface area contributed by atoms with E-state index in [9.17, 15) is 9.59 Å². The van der Waals surface area contributed by atoms with Gasteiger partial charge in [0.25, 0.3) is 0 Å². The topological polar surface area (TPSA) is 98.0 Å². The summed E-state index contributed by atoms with van der Waals surface area (Å²) < 4.78 is 10.7. The Morgan fingerprint density at radius 1 is 1.10 bits per heavy atom. The summed E-state index contributed by atoms with van der Waals surface area (Å²) in [7, 11) is 0. The van der Waals surface area contributed by atoms with Crippen LogP contribution in [-0.4, -0.2) is 53.7 Å². The molecule has 0 atom stereocenters. The zero-order valence-electron chi connectivity index (χ0n) is 17.6. The quantitative estimate of drug-likeness (QED) is 0.771. The zero-order chi connectivity index (χ0) is 21.7. The second-order valence-corrected chi connectivity index (χ2v) is 8.15. The van der Waals surface area contributed by atoms with Gasteiger partial charge in [0.05, 0.1) is 11.3 Å². The largest absolute Gasteiger partial charge is 0.457 e. The number of carbonyl (C=O) groups excluding carboxylic acids is 2. The molecule has 0 aliphatic carbocycles. The van der Waals surface area contributed by atoms with Crippen LogP contribution in [0.1, 0.15) is 36.7 Å². The minimum absolute atomic E-state index is 0.188. The van der Waals surface area contributed by atoms with Gasteiger partial charge in [0.1, 0.15) is 12.2 Å². The van der Waals surface area contributed by atoms with Crippen LogP contribution in [0.2, 0.25) is 0 Å². The predicted octanol–water partition coefficient (Wildman–Crippen LogP) is 3.08. The lowest BCUT2D eigenvalue weighted by molar-refractivity contribution is 0.0240. The van der Waals surface area contributed by atoms with E-state index in [-0.39, 0.29) is 12.7 Å². The molecule has 2 aromatic rings. The maximum absolute atomic E-state index is 12.3. The highest BCUT2D eigenvalue weighted by molar-refractivity contribution is 5.91. The van der Waals surface area contributed by atoms with Crippen molar-refractivity contribution in [1.82, 2.24) is 9.88 Å². The van der Waals surface area contributed by atoms with Crippen molar-refractivity contribution in [2.24, 2.45) is 0 Å². The van der Waals surface area contributed by atoms with Crippen LogP contribution in [0.4, 0.5) is 16.3 Å². The SMILES string of the molecule is CC(C)(C)OC(=O)N1CCN(c2ncc(C(=O)OCc3ccccc3)cc2N)CC1.